The molecule has 0 aromatic carbocycles. The highest BCUT2D eigenvalue weighted by molar-refractivity contribution is 9.10. The Morgan fingerprint density at radius 2 is 2.15 bits per heavy atom. The van der Waals surface area contributed by atoms with Crippen LogP contribution in [0.1, 0.15) is 13.8 Å². The quantitative estimate of drug-likeness (QED) is 0.621. The minimum absolute atomic E-state index is 0.182. The Morgan fingerprint density at radius 3 is 2.54 bits per heavy atom. The summed E-state index contributed by atoms with van der Waals surface area (Å²) in [5, 5.41) is 8.63. The van der Waals surface area contributed by atoms with Crippen LogP contribution in [0.3, 0.4) is 0 Å². The van der Waals surface area contributed by atoms with Gasteiger partial charge in [-0.25, -0.2) is 0 Å². The van der Waals surface area contributed by atoms with Gasteiger partial charge in [0.15, 0.2) is 0 Å². The molecule has 3 nitrogen and oxygen atoms in total. The van der Waals surface area contributed by atoms with Crippen molar-refractivity contribution in [1.82, 2.24) is 0 Å². The zero-order valence-corrected chi connectivity index (χ0v) is 10.8. The summed E-state index contributed by atoms with van der Waals surface area (Å²) in [4.78, 5) is 0. The van der Waals surface area contributed by atoms with E-state index in [1.165, 1.54) is 0 Å². The van der Waals surface area contributed by atoms with Crippen LogP contribution in [0.2, 0.25) is 0 Å². The first-order chi connectivity index (χ1) is 5.94. The van der Waals surface area contributed by atoms with Gasteiger partial charge in [-0.15, -0.1) is 0 Å². The number of halogens is 2. The molecule has 0 amide bonds. The van der Waals surface area contributed by atoms with E-state index < -0.39 is 5.01 Å². The maximum atomic E-state index is 9.41. The highest BCUT2D eigenvalue weighted by atomic mass is 79.9. The van der Waals surface area contributed by atoms with E-state index in [2.05, 4.69) is 31.9 Å². The first kappa shape index (κ1) is 11.9. The number of hydrogen-bond donors (Lipinski definition) is 1. The molecule has 1 fully saturated rings. The molecular formula is C8H14Br2O3. The van der Waals surface area contributed by atoms with Gasteiger partial charge in [-0.3, -0.25) is 0 Å². The van der Waals surface area contributed by atoms with Crippen molar-refractivity contribution >= 4 is 31.9 Å². The number of epoxide rings is 1. The van der Waals surface area contributed by atoms with E-state index in [1.54, 1.807) is 0 Å². The van der Waals surface area contributed by atoms with Crippen molar-refractivity contribution in [2.24, 2.45) is 5.41 Å². The summed E-state index contributed by atoms with van der Waals surface area (Å²) in [7, 11) is 0. The summed E-state index contributed by atoms with van der Waals surface area (Å²) in [6.07, 6.45) is 0.253. The lowest BCUT2D eigenvalue weighted by molar-refractivity contribution is -0.00626. The second-order valence-electron chi connectivity index (χ2n) is 3.76. The van der Waals surface area contributed by atoms with Crippen LogP contribution in [-0.2, 0) is 9.47 Å². The van der Waals surface area contributed by atoms with Crippen molar-refractivity contribution in [3.8, 4) is 0 Å². The Kier molecular flexibility index (Phi) is 4.19. The van der Waals surface area contributed by atoms with Gasteiger partial charge in [0, 0.05) is 5.41 Å². The largest absolute Gasteiger partial charge is 0.381 e. The molecule has 0 radical (unpaired) electrons. The van der Waals surface area contributed by atoms with Gasteiger partial charge in [0.2, 0.25) is 0 Å². The molecule has 1 saturated heterocycles. The van der Waals surface area contributed by atoms with E-state index in [0.717, 1.165) is 6.61 Å². The topological polar surface area (TPSA) is 42.0 Å². The second kappa shape index (κ2) is 4.57. The van der Waals surface area contributed by atoms with Crippen molar-refractivity contribution < 1.29 is 14.6 Å². The van der Waals surface area contributed by atoms with Crippen LogP contribution in [0, 0.1) is 5.41 Å². The summed E-state index contributed by atoms with van der Waals surface area (Å²) in [5.41, 5.74) is -0.366. The monoisotopic (exact) mass is 316 g/mol. The molecule has 0 saturated carbocycles. The van der Waals surface area contributed by atoms with Gasteiger partial charge in [0.05, 0.1) is 13.2 Å². The van der Waals surface area contributed by atoms with Crippen molar-refractivity contribution in [1.29, 1.82) is 0 Å². The lowest BCUT2D eigenvalue weighted by atomic mass is 9.96. The maximum absolute atomic E-state index is 9.41. The Morgan fingerprint density at radius 1 is 1.62 bits per heavy atom. The smallest absolute Gasteiger partial charge is 0.121 e. The lowest BCUT2D eigenvalue weighted by Crippen LogP contribution is -2.35. The van der Waals surface area contributed by atoms with Gasteiger partial charge in [0.1, 0.15) is 16.1 Å². The average Bonchev–Trinajstić information content (AvgIpc) is 2.82. The van der Waals surface area contributed by atoms with Crippen LogP contribution in [0.4, 0.5) is 0 Å². The number of aliphatic hydroxyl groups excluding tert-OH is 1. The molecule has 1 rings (SSSR count). The molecule has 0 aromatic rings. The van der Waals surface area contributed by atoms with Crippen LogP contribution < -0.4 is 0 Å². The van der Waals surface area contributed by atoms with Gasteiger partial charge in [-0.1, -0.05) is 45.7 Å². The van der Waals surface area contributed by atoms with E-state index in [-0.39, 0.29) is 16.5 Å². The lowest BCUT2D eigenvalue weighted by Gasteiger charge is -2.31. The molecular weight excluding hydrogens is 304 g/mol. The third kappa shape index (κ3) is 3.47. The van der Waals surface area contributed by atoms with Crippen molar-refractivity contribution in [2.45, 2.75) is 30.0 Å². The minimum Gasteiger partial charge on any atom is -0.381 e. The van der Waals surface area contributed by atoms with Crippen molar-refractivity contribution in [3.05, 3.63) is 0 Å². The molecule has 0 aliphatic carbocycles. The zero-order chi connectivity index (χ0) is 10.1. The Hall–Kier alpha value is 0.840. The SMILES string of the molecule is CC(C)(C(O)Br)C(Br)OCC1CO1. The predicted octanol–water partition coefficient (Wildman–Crippen LogP) is 1.86. The molecule has 1 N–H and O–H groups in total. The number of rotatable bonds is 5. The first-order valence-corrected chi connectivity index (χ1v) is 5.97. The van der Waals surface area contributed by atoms with Crippen LogP contribution in [0.5, 0.6) is 0 Å². The second-order valence-corrected chi connectivity index (χ2v) is 5.46. The van der Waals surface area contributed by atoms with Gasteiger partial charge in [-0.2, -0.15) is 0 Å². The van der Waals surface area contributed by atoms with Gasteiger partial charge < -0.3 is 14.6 Å². The third-order valence-electron chi connectivity index (χ3n) is 2.03. The van der Waals surface area contributed by atoms with E-state index >= 15 is 0 Å². The summed E-state index contributed by atoms with van der Waals surface area (Å²) in [6, 6.07) is 0. The van der Waals surface area contributed by atoms with Crippen molar-refractivity contribution in [3.63, 3.8) is 0 Å². The summed E-state index contributed by atoms with van der Waals surface area (Å²) in [5.74, 6) is 0. The fourth-order valence-corrected chi connectivity index (χ4v) is 1.68. The van der Waals surface area contributed by atoms with Crippen LogP contribution in [0.25, 0.3) is 0 Å². The van der Waals surface area contributed by atoms with Crippen LogP contribution in [-0.4, -0.2) is 34.5 Å². The molecule has 0 spiro atoms. The normalized spacial score (nSPS) is 27.0. The Balaban J connectivity index is 2.30. The fourth-order valence-electron chi connectivity index (χ4n) is 0.679. The van der Waals surface area contributed by atoms with E-state index in [4.69, 9.17) is 9.47 Å². The number of alkyl halides is 2. The molecule has 1 aliphatic heterocycles. The maximum Gasteiger partial charge on any atom is 0.121 e. The molecule has 13 heavy (non-hydrogen) atoms. The minimum atomic E-state index is -0.593. The molecule has 78 valence electrons. The van der Waals surface area contributed by atoms with Gasteiger partial charge in [-0.05, 0) is 0 Å². The third-order valence-corrected chi connectivity index (χ3v) is 4.65. The number of aliphatic hydroxyl groups is 1. The number of ether oxygens (including phenoxy) is 2. The average molecular weight is 318 g/mol. The highest BCUT2D eigenvalue weighted by Crippen LogP contribution is 2.34. The Bertz CT molecular complexity index is 169. The summed E-state index contributed by atoms with van der Waals surface area (Å²) < 4.78 is 10.5. The van der Waals surface area contributed by atoms with E-state index in [1.807, 2.05) is 13.8 Å². The number of hydrogen-bond acceptors (Lipinski definition) is 3. The van der Waals surface area contributed by atoms with Crippen LogP contribution >= 0.6 is 31.9 Å². The predicted molar refractivity (Wildman–Crippen MR) is 57.1 cm³/mol. The highest BCUT2D eigenvalue weighted by Gasteiger charge is 2.36. The van der Waals surface area contributed by atoms with Crippen LogP contribution in [0.15, 0.2) is 0 Å². The summed E-state index contributed by atoms with van der Waals surface area (Å²) in [6.45, 7) is 5.20. The first-order valence-electron chi connectivity index (χ1n) is 4.14. The fraction of sp³-hybridized carbons (Fsp3) is 1.00. The molecule has 5 heteroatoms. The summed E-state index contributed by atoms with van der Waals surface area (Å²) >= 11 is 6.52. The van der Waals surface area contributed by atoms with Gasteiger partial charge in [0.25, 0.3) is 0 Å². The van der Waals surface area contributed by atoms with E-state index in [9.17, 15) is 5.11 Å². The van der Waals surface area contributed by atoms with Gasteiger partial charge >= 0.3 is 0 Å². The molecule has 3 atom stereocenters. The molecule has 1 aliphatic rings. The zero-order valence-electron chi connectivity index (χ0n) is 7.67. The van der Waals surface area contributed by atoms with E-state index in [0.29, 0.717) is 6.61 Å². The standard InChI is InChI=1S/C8H14Br2O3/c1-8(2,6(9)11)7(10)13-4-5-3-12-5/h5-7,11H,3-4H2,1-2H3. The Labute approximate surface area is 95.0 Å². The molecule has 0 bridgehead atoms. The molecule has 1 heterocycles. The molecule has 3 unspecified atom stereocenters. The van der Waals surface area contributed by atoms with Crippen molar-refractivity contribution in [2.75, 3.05) is 13.2 Å². The molecule has 0 aromatic heterocycles.